The maximum atomic E-state index is 13.8. The molecular weight excluding hydrogens is 458 g/mol. The third kappa shape index (κ3) is 4.13. The number of benzene rings is 1. The number of amides is 3. The van der Waals surface area contributed by atoms with Crippen molar-refractivity contribution in [2.45, 2.75) is 57.8 Å². The van der Waals surface area contributed by atoms with Gasteiger partial charge >= 0.3 is 0 Å². The van der Waals surface area contributed by atoms with E-state index in [0.717, 1.165) is 6.92 Å². The summed E-state index contributed by atoms with van der Waals surface area (Å²) in [5.41, 5.74) is 17.7. The molecule has 0 aromatic heterocycles. The van der Waals surface area contributed by atoms with E-state index in [4.69, 9.17) is 22.9 Å². The fourth-order valence-corrected chi connectivity index (χ4v) is 4.31. The number of phenolic OH excluding ortho intramolecular Hbond substituents is 1. The van der Waals surface area contributed by atoms with Gasteiger partial charge < -0.3 is 28.0 Å². The van der Waals surface area contributed by atoms with Crippen LogP contribution in [0, 0.1) is 11.3 Å². The molecule has 1 saturated heterocycles. The van der Waals surface area contributed by atoms with Crippen molar-refractivity contribution < 1.29 is 33.9 Å². The summed E-state index contributed by atoms with van der Waals surface area (Å²) < 4.78 is 0. The molecule has 1 fully saturated rings. The van der Waals surface area contributed by atoms with Gasteiger partial charge in [-0.25, -0.2) is 0 Å². The fourth-order valence-electron chi connectivity index (χ4n) is 4.31. The third-order valence-corrected chi connectivity index (χ3v) is 6.32. The predicted octanol–water partition coefficient (Wildman–Crippen LogP) is -2.10. The van der Waals surface area contributed by atoms with Crippen molar-refractivity contribution in [3.05, 3.63) is 29.8 Å². The quantitative estimate of drug-likeness (QED) is 0.168. The maximum absolute atomic E-state index is 13.8. The zero-order valence-corrected chi connectivity index (χ0v) is 20.0. The summed E-state index contributed by atoms with van der Waals surface area (Å²) in [6.45, 7) is 5.12. The Morgan fingerprint density at radius 3 is 1.94 bits per heavy atom. The molecule has 5 unspecified atom stereocenters. The molecule has 0 spiro atoms. The Kier molecular flexibility index (Phi) is 7.65. The number of Topliss-reactive ketones (excluding diaryl/α,β-unsaturated/α-hetero) is 3. The summed E-state index contributed by atoms with van der Waals surface area (Å²) in [6.07, 6.45) is -0.239. The lowest BCUT2D eigenvalue weighted by molar-refractivity contribution is -0.158. The van der Waals surface area contributed by atoms with E-state index >= 15 is 0 Å². The lowest BCUT2D eigenvalue weighted by Gasteiger charge is -2.36. The van der Waals surface area contributed by atoms with Crippen molar-refractivity contribution in [1.82, 2.24) is 4.90 Å². The second-order valence-corrected chi connectivity index (χ2v) is 9.12. The second kappa shape index (κ2) is 9.64. The molecule has 35 heavy (non-hydrogen) atoms. The van der Waals surface area contributed by atoms with Gasteiger partial charge in [0.15, 0.2) is 17.3 Å². The van der Waals surface area contributed by atoms with Gasteiger partial charge in [-0.2, -0.15) is 0 Å². The van der Waals surface area contributed by atoms with E-state index < -0.39 is 70.1 Å². The summed E-state index contributed by atoms with van der Waals surface area (Å²) >= 11 is 0. The van der Waals surface area contributed by atoms with E-state index in [1.54, 1.807) is 13.8 Å². The van der Waals surface area contributed by atoms with Crippen LogP contribution < -0.4 is 22.9 Å². The minimum atomic E-state index is -3.13. The minimum absolute atomic E-state index is 0.0512. The van der Waals surface area contributed by atoms with Crippen molar-refractivity contribution in [2.24, 2.45) is 34.3 Å². The molecule has 0 radical (unpaired) electrons. The van der Waals surface area contributed by atoms with Crippen LogP contribution in [0.15, 0.2) is 24.3 Å². The minimum Gasteiger partial charge on any atom is -0.508 e. The van der Waals surface area contributed by atoms with Crippen molar-refractivity contribution in [1.29, 1.82) is 0 Å². The molecule has 9 N–H and O–H groups in total. The zero-order valence-electron chi connectivity index (χ0n) is 20.0. The molecule has 0 aliphatic carbocycles. The lowest BCUT2D eigenvalue weighted by Crippen LogP contribution is -2.69. The highest BCUT2D eigenvalue weighted by molar-refractivity contribution is 6.43. The van der Waals surface area contributed by atoms with Gasteiger partial charge in [-0.1, -0.05) is 26.0 Å². The van der Waals surface area contributed by atoms with E-state index in [9.17, 15) is 33.9 Å². The predicted molar refractivity (Wildman–Crippen MR) is 123 cm³/mol. The first-order valence-electron chi connectivity index (χ1n) is 10.9. The number of ketones is 3. The van der Waals surface area contributed by atoms with Gasteiger partial charge in [0.05, 0.1) is 18.1 Å². The molecule has 0 saturated carbocycles. The Morgan fingerprint density at radius 1 is 1.03 bits per heavy atom. The number of hydrogen-bond donors (Lipinski definition) is 5. The van der Waals surface area contributed by atoms with Crippen LogP contribution in [0.5, 0.6) is 5.75 Å². The number of aromatic hydroxyl groups is 1. The van der Waals surface area contributed by atoms with Crippen molar-refractivity contribution in [3.8, 4) is 5.75 Å². The van der Waals surface area contributed by atoms with E-state index in [-0.39, 0.29) is 12.2 Å². The summed E-state index contributed by atoms with van der Waals surface area (Å²) in [5.74, 6) is -8.38. The van der Waals surface area contributed by atoms with Crippen LogP contribution in [0.1, 0.15) is 33.3 Å². The Morgan fingerprint density at radius 2 is 1.54 bits per heavy atom. The topological polar surface area (TPSA) is 230 Å². The number of rotatable bonds is 11. The lowest BCUT2D eigenvalue weighted by atomic mass is 9.62. The van der Waals surface area contributed by atoms with Crippen LogP contribution >= 0.6 is 0 Å². The molecule has 1 aliphatic heterocycles. The molecule has 5 atom stereocenters. The molecular formula is C23H31N5O7. The first kappa shape index (κ1) is 27.8. The van der Waals surface area contributed by atoms with Gasteiger partial charge in [-0.3, -0.25) is 33.7 Å². The summed E-state index contributed by atoms with van der Waals surface area (Å²) in [6, 6.07) is 1.21. The zero-order chi connectivity index (χ0) is 27.0. The van der Waals surface area contributed by atoms with E-state index in [2.05, 4.69) is 0 Å². The number of imide groups is 1. The number of hydrogen-bond acceptors (Lipinski definition) is 10. The Labute approximate surface area is 202 Å². The highest BCUT2D eigenvalue weighted by Gasteiger charge is 2.86. The van der Waals surface area contributed by atoms with Gasteiger partial charge in [0.2, 0.25) is 22.8 Å². The molecule has 12 nitrogen and oxygen atoms in total. The van der Waals surface area contributed by atoms with Gasteiger partial charge in [-0.05, 0) is 43.9 Å². The van der Waals surface area contributed by atoms with Crippen molar-refractivity contribution >= 4 is 35.1 Å². The highest BCUT2D eigenvalue weighted by atomic mass is 16.3. The fraction of sp³-hybridized carbons (Fsp3) is 0.478. The van der Waals surface area contributed by atoms with Crippen LogP contribution in [-0.4, -0.2) is 68.7 Å². The van der Waals surface area contributed by atoms with Crippen molar-refractivity contribution in [2.75, 3.05) is 0 Å². The largest absolute Gasteiger partial charge is 0.508 e. The normalized spacial score (nSPS) is 21.6. The van der Waals surface area contributed by atoms with Gasteiger partial charge in [0, 0.05) is 0 Å². The molecule has 1 aromatic rings. The molecule has 3 amide bonds. The number of carbonyl (C=O) groups is 6. The van der Waals surface area contributed by atoms with Crippen molar-refractivity contribution in [3.63, 3.8) is 0 Å². The van der Waals surface area contributed by atoms with Gasteiger partial charge in [0.1, 0.15) is 5.75 Å². The van der Waals surface area contributed by atoms with Crippen LogP contribution in [0.4, 0.5) is 0 Å². The molecule has 1 aliphatic rings. The maximum Gasteiger partial charge on any atom is 0.267 e. The van der Waals surface area contributed by atoms with E-state index in [1.807, 2.05) is 0 Å². The third-order valence-electron chi connectivity index (χ3n) is 6.32. The van der Waals surface area contributed by atoms with Gasteiger partial charge in [0.25, 0.3) is 5.91 Å². The molecule has 2 rings (SSSR count). The average Bonchev–Trinajstić information content (AvgIpc) is 3.38. The Bertz CT molecular complexity index is 1070. The highest BCUT2D eigenvalue weighted by Crippen LogP contribution is 2.52. The number of primary amides is 1. The molecule has 190 valence electrons. The molecule has 1 heterocycles. The number of phenols is 1. The standard InChI is InChI=1S/C23H31N5O7/c1-10(2)16(26)18(32)23(21(35)28(23)19(33)11(3)24)22(12(4)29,20(27)34)17(31)15(25)9-13-5-7-14(30)8-6-13/h5-8,10-11,15-16,30H,9,24-26H2,1-4H3,(H2,27,34). The Hall–Kier alpha value is -3.48. The van der Waals surface area contributed by atoms with E-state index in [0.29, 0.717) is 10.5 Å². The molecule has 12 heteroatoms. The summed E-state index contributed by atoms with van der Waals surface area (Å²) in [4.78, 5) is 79.8. The van der Waals surface area contributed by atoms with Gasteiger partial charge in [-0.15, -0.1) is 0 Å². The number of carbonyl (C=O) groups excluding carboxylic acids is 6. The number of nitrogens with zero attached hydrogens (tertiary/aromatic N) is 1. The molecule has 1 aromatic carbocycles. The average molecular weight is 490 g/mol. The van der Waals surface area contributed by atoms with Crippen LogP contribution in [0.25, 0.3) is 0 Å². The number of nitrogens with two attached hydrogens (primary N) is 4. The SMILES string of the molecule is CC(=O)C(C(N)=O)(C(=O)C(N)Cc1ccc(O)cc1)C1(C(=O)C(N)C(C)C)C(=O)N1C(=O)C(C)N. The van der Waals surface area contributed by atoms with E-state index in [1.165, 1.54) is 31.2 Å². The monoisotopic (exact) mass is 489 g/mol. The summed E-state index contributed by atoms with van der Waals surface area (Å²) in [7, 11) is 0. The first-order valence-corrected chi connectivity index (χ1v) is 10.9. The smallest absolute Gasteiger partial charge is 0.267 e. The van der Waals surface area contributed by atoms with Crippen LogP contribution in [0.2, 0.25) is 0 Å². The first-order chi connectivity index (χ1) is 16.1. The summed E-state index contributed by atoms with van der Waals surface area (Å²) in [5, 5.41) is 9.46. The molecule has 0 bridgehead atoms. The van der Waals surface area contributed by atoms with Crippen LogP contribution in [-0.2, 0) is 35.2 Å². The van der Waals surface area contributed by atoms with Crippen LogP contribution in [0.3, 0.4) is 0 Å². The Balaban J connectivity index is 2.78. The second-order valence-electron chi connectivity index (χ2n) is 9.12.